The lowest BCUT2D eigenvalue weighted by Crippen LogP contribution is -2.36. The summed E-state index contributed by atoms with van der Waals surface area (Å²) in [5.74, 6) is 1.50. The van der Waals surface area contributed by atoms with Crippen LogP contribution in [0, 0.1) is 6.92 Å². The monoisotopic (exact) mass is 515 g/mol. The van der Waals surface area contributed by atoms with E-state index >= 15 is 0 Å². The molecule has 0 bridgehead atoms. The molecule has 0 spiro atoms. The van der Waals surface area contributed by atoms with Crippen LogP contribution < -0.4 is 10.1 Å². The highest BCUT2D eigenvalue weighted by Crippen LogP contribution is 2.33. The topological polar surface area (TPSA) is 91.0 Å². The molecule has 200 valence electrons. The molecule has 0 radical (unpaired) electrons. The standard InChI is InChI=1S/C31H37N3O4/c1-22-27(7-3-8-29(22)37-18-4-14-34-15-11-26(36)12-16-34)24-9-10-28-30(20-24)38-31(33-28)25-6-2-5-23(19-25)21-32-13-17-35/h2-3,5-10,19-20,26,32,35-36H,4,11-18,21H2,1H3. The Bertz CT molecular complexity index is 1340. The third-order valence-electron chi connectivity index (χ3n) is 7.21. The summed E-state index contributed by atoms with van der Waals surface area (Å²) in [6.45, 7) is 7.06. The van der Waals surface area contributed by atoms with Crippen LogP contribution in [-0.2, 0) is 6.54 Å². The van der Waals surface area contributed by atoms with Crippen molar-refractivity contribution < 1.29 is 19.4 Å². The Hall–Kier alpha value is -3.23. The molecule has 0 aliphatic carbocycles. The quantitative estimate of drug-likeness (QED) is 0.248. The Morgan fingerprint density at radius 2 is 1.89 bits per heavy atom. The van der Waals surface area contributed by atoms with Crippen LogP contribution in [0.3, 0.4) is 0 Å². The molecule has 0 unspecified atom stereocenters. The van der Waals surface area contributed by atoms with Gasteiger partial charge in [-0.05, 0) is 78.8 Å². The van der Waals surface area contributed by atoms with Gasteiger partial charge >= 0.3 is 0 Å². The maximum absolute atomic E-state index is 9.68. The Kier molecular flexibility index (Phi) is 8.71. The number of piperidine rings is 1. The molecule has 38 heavy (non-hydrogen) atoms. The molecular weight excluding hydrogens is 478 g/mol. The second-order valence-corrected chi connectivity index (χ2v) is 10.0. The van der Waals surface area contributed by atoms with Crippen molar-refractivity contribution in [2.24, 2.45) is 0 Å². The molecule has 4 aromatic rings. The second-order valence-electron chi connectivity index (χ2n) is 10.0. The van der Waals surface area contributed by atoms with E-state index in [4.69, 9.17) is 19.2 Å². The van der Waals surface area contributed by atoms with Gasteiger partial charge in [0.2, 0.25) is 5.89 Å². The van der Waals surface area contributed by atoms with Crippen LogP contribution in [0.25, 0.3) is 33.7 Å². The van der Waals surface area contributed by atoms with Gasteiger partial charge in [-0.3, -0.25) is 0 Å². The number of fused-ring (bicyclic) bond motifs is 1. The van der Waals surface area contributed by atoms with E-state index < -0.39 is 0 Å². The highest BCUT2D eigenvalue weighted by Gasteiger charge is 2.16. The molecule has 1 aliphatic rings. The van der Waals surface area contributed by atoms with Crippen molar-refractivity contribution in [3.05, 3.63) is 71.8 Å². The zero-order chi connectivity index (χ0) is 26.3. The molecule has 3 N–H and O–H groups in total. The first-order valence-electron chi connectivity index (χ1n) is 13.6. The third-order valence-corrected chi connectivity index (χ3v) is 7.21. The fourth-order valence-corrected chi connectivity index (χ4v) is 5.04. The predicted molar refractivity (Wildman–Crippen MR) is 150 cm³/mol. The van der Waals surface area contributed by atoms with Crippen LogP contribution in [-0.4, -0.2) is 65.6 Å². The number of aliphatic hydroxyl groups is 2. The molecule has 5 rings (SSSR count). The normalized spacial score (nSPS) is 14.8. The minimum Gasteiger partial charge on any atom is -0.493 e. The summed E-state index contributed by atoms with van der Waals surface area (Å²) < 4.78 is 12.4. The van der Waals surface area contributed by atoms with Crippen molar-refractivity contribution in [1.29, 1.82) is 0 Å². The summed E-state index contributed by atoms with van der Waals surface area (Å²) >= 11 is 0. The van der Waals surface area contributed by atoms with Crippen LogP contribution in [0.5, 0.6) is 5.75 Å². The molecule has 0 amide bonds. The van der Waals surface area contributed by atoms with Crippen LogP contribution >= 0.6 is 0 Å². The lowest BCUT2D eigenvalue weighted by molar-refractivity contribution is 0.0800. The highest BCUT2D eigenvalue weighted by molar-refractivity contribution is 5.83. The van der Waals surface area contributed by atoms with Gasteiger partial charge in [-0.25, -0.2) is 4.98 Å². The number of oxazole rings is 1. The maximum atomic E-state index is 9.68. The van der Waals surface area contributed by atoms with Crippen molar-refractivity contribution in [3.8, 4) is 28.3 Å². The van der Waals surface area contributed by atoms with Gasteiger partial charge in [-0.15, -0.1) is 0 Å². The number of likely N-dealkylation sites (tertiary alicyclic amines) is 1. The third kappa shape index (κ3) is 6.42. The van der Waals surface area contributed by atoms with Crippen LogP contribution in [0.4, 0.5) is 0 Å². The number of ether oxygens (including phenoxy) is 1. The fraction of sp³-hybridized carbons (Fsp3) is 0.387. The van der Waals surface area contributed by atoms with E-state index in [0.717, 1.165) is 83.6 Å². The molecule has 7 heteroatoms. The predicted octanol–water partition coefficient (Wildman–Crippen LogP) is 4.78. The maximum Gasteiger partial charge on any atom is 0.227 e. The zero-order valence-corrected chi connectivity index (χ0v) is 22.0. The van der Waals surface area contributed by atoms with Gasteiger partial charge in [0.25, 0.3) is 0 Å². The van der Waals surface area contributed by atoms with E-state index in [9.17, 15) is 5.11 Å². The molecule has 0 atom stereocenters. The van der Waals surface area contributed by atoms with Gasteiger partial charge < -0.3 is 29.6 Å². The highest BCUT2D eigenvalue weighted by atomic mass is 16.5. The Labute approximate surface area is 224 Å². The van der Waals surface area contributed by atoms with E-state index in [1.165, 1.54) is 0 Å². The molecule has 2 heterocycles. The summed E-state index contributed by atoms with van der Waals surface area (Å²) in [4.78, 5) is 7.13. The molecule has 1 aliphatic heterocycles. The number of nitrogens with one attached hydrogen (secondary N) is 1. The number of aromatic nitrogens is 1. The van der Waals surface area contributed by atoms with Gasteiger partial charge in [0, 0.05) is 38.3 Å². The van der Waals surface area contributed by atoms with E-state index in [1.54, 1.807) is 0 Å². The second kappa shape index (κ2) is 12.5. The van der Waals surface area contributed by atoms with Crippen molar-refractivity contribution in [2.75, 3.05) is 39.4 Å². The summed E-state index contributed by atoms with van der Waals surface area (Å²) in [6, 6.07) is 20.4. The number of aliphatic hydroxyl groups excluding tert-OH is 2. The van der Waals surface area contributed by atoms with Crippen LogP contribution in [0.15, 0.2) is 65.1 Å². The van der Waals surface area contributed by atoms with E-state index in [0.29, 0.717) is 25.6 Å². The van der Waals surface area contributed by atoms with Gasteiger partial charge in [0.05, 0.1) is 19.3 Å². The van der Waals surface area contributed by atoms with Gasteiger partial charge in [-0.1, -0.05) is 30.3 Å². The van der Waals surface area contributed by atoms with Gasteiger partial charge in [0.1, 0.15) is 11.3 Å². The Morgan fingerprint density at radius 3 is 2.74 bits per heavy atom. The van der Waals surface area contributed by atoms with Crippen LogP contribution in [0.2, 0.25) is 0 Å². The molecule has 1 saturated heterocycles. The van der Waals surface area contributed by atoms with E-state index in [2.05, 4.69) is 41.4 Å². The average molecular weight is 516 g/mol. The summed E-state index contributed by atoms with van der Waals surface area (Å²) in [5.41, 5.74) is 6.90. The summed E-state index contributed by atoms with van der Waals surface area (Å²) in [6.07, 6.45) is 2.57. The van der Waals surface area contributed by atoms with Crippen molar-refractivity contribution in [1.82, 2.24) is 15.2 Å². The number of nitrogens with zero attached hydrogens (tertiary/aromatic N) is 2. The number of benzene rings is 3. The SMILES string of the molecule is Cc1c(OCCCN2CCC(O)CC2)cccc1-c1ccc2nc(-c3cccc(CNCCO)c3)oc2c1. The van der Waals surface area contributed by atoms with Gasteiger partial charge in [-0.2, -0.15) is 0 Å². The molecule has 7 nitrogen and oxygen atoms in total. The lowest BCUT2D eigenvalue weighted by Gasteiger charge is -2.29. The Morgan fingerprint density at radius 1 is 1.05 bits per heavy atom. The van der Waals surface area contributed by atoms with Crippen molar-refractivity contribution in [2.45, 2.75) is 38.8 Å². The van der Waals surface area contributed by atoms with Crippen molar-refractivity contribution in [3.63, 3.8) is 0 Å². The van der Waals surface area contributed by atoms with Gasteiger partial charge in [0.15, 0.2) is 5.58 Å². The summed E-state index contributed by atoms with van der Waals surface area (Å²) in [7, 11) is 0. The molecular formula is C31H37N3O4. The lowest BCUT2D eigenvalue weighted by atomic mass is 9.99. The summed E-state index contributed by atoms with van der Waals surface area (Å²) in [5, 5.41) is 21.9. The van der Waals surface area contributed by atoms with E-state index in [1.807, 2.05) is 36.4 Å². The number of hydrogen-bond acceptors (Lipinski definition) is 7. The molecule has 3 aromatic carbocycles. The average Bonchev–Trinajstić information content (AvgIpc) is 3.37. The minimum absolute atomic E-state index is 0.118. The molecule has 1 aromatic heterocycles. The first-order valence-corrected chi connectivity index (χ1v) is 13.6. The number of rotatable bonds is 11. The Balaban J connectivity index is 1.26. The first-order chi connectivity index (χ1) is 18.6. The zero-order valence-electron chi connectivity index (χ0n) is 22.0. The fourth-order valence-electron chi connectivity index (χ4n) is 5.04. The molecule has 0 saturated carbocycles. The number of hydrogen-bond donors (Lipinski definition) is 3. The van der Waals surface area contributed by atoms with Crippen LogP contribution in [0.1, 0.15) is 30.4 Å². The van der Waals surface area contributed by atoms with E-state index in [-0.39, 0.29) is 12.7 Å². The van der Waals surface area contributed by atoms with Crippen molar-refractivity contribution >= 4 is 11.1 Å². The minimum atomic E-state index is -0.132. The largest absolute Gasteiger partial charge is 0.493 e. The first kappa shape index (κ1) is 26.4. The molecule has 1 fully saturated rings. The smallest absolute Gasteiger partial charge is 0.227 e.